The molecule has 2 saturated heterocycles. The van der Waals surface area contributed by atoms with E-state index in [1.807, 2.05) is 18.0 Å². The van der Waals surface area contributed by atoms with E-state index in [9.17, 15) is 4.79 Å². The van der Waals surface area contributed by atoms with Crippen LogP contribution in [-0.4, -0.2) is 64.3 Å². The van der Waals surface area contributed by atoms with Gasteiger partial charge in [-0.1, -0.05) is 0 Å². The number of carbonyl (C=O) groups is 1. The molecule has 2 atom stereocenters. The SMILES string of the molecule is COc1ncc(N2CCc3ncnc(NC4CCCN4C(=O)C4CCOC(C)(C)C4)c3C2)cc1C. The molecule has 5 heterocycles. The molecule has 188 valence electrons. The second-order valence-corrected chi connectivity index (χ2v) is 10.5. The van der Waals surface area contributed by atoms with Gasteiger partial charge in [-0.2, -0.15) is 0 Å². The molecule has 3 aliphatic heterocycles. The van der Waals surface area contributed by atoms with Gasteiger partial charge in [-0.15, -0.1) is 0 Å². The maximum Gasteiger partial charge on any atom is 0.227 e. The highest BCUT2D eigenvalue weighted by molar-refractivity contribution is 5.80. The van der Waals surface area contributed by atoms with Crippen LogP contribution in [-0.2, 0) is 22.5 Å². The first-order valence-electron chi connectivity index (χ1n) is 12.6. The fourth-order valence-corrected chi connectivity index (χ4v) is 5.64. The van der Waals surface area contributed by atoms with Crippen molar-refractivity contribution in [2.24, 2.45) is 5.92 Å². The minimum atomic E-state index is -0.245. The Morgan fingerprint density at radius 2 is 2.09 bits per heavy atom. The van der Waals surface area contributed by atoms with Crippen molar-refractivity contribution in [3.05, 3.63) is 35.4 Å². The molecular weight excluding hydrogens is 444 g/mol. The summed E-state index contributed by atoms with van der Waals surface area (Å²) in [5.41, 5.74) is 3.99. The lowest BCUT2D eigenvalue weighted by Crippen LogP contribution is -2.47. The zero-order valence-corrected chi connectivity index (χ0v) is 21.2. The van der Waals surface area contributed by atoms with Gasteiger partial charge in [-0.3, -0.25) is 4.79 Å². The molecule has 35 heavy (non-hydrogen) atoms. The molecule has 2 unspecified atom stereocenters. The molecule has 0 aromatic carbocycles. The lowest BCUT2D eigenvalue weighted by molar-refractivity contribution is -0.145. The summed E-state index contributed by atoms with van der Waals surface area (Å²) in [4.78, 5) is 31.4. The summed E-state index contributed by atoms with van der Waals surface area (Å²) in [6, 6.07) is 2.11. The third-order valence-electron chi connectivity index (χ3n) is 7.46. The molecule has 0 bridgehead atoms. The summed E-state index contributed by atoms with van der Waals surface area (Å²) in [7, 11) is 1.64. The van der Waals surface area contributed by atoms with Crippen LogP contribution < -0.4 is 15.0 Å². The number of aryl methyl sites for hydroxylation is 1. The van der Waals surface area contributed by atoms with Gasteiger partial charge in [-0.05, 0) is 52.5 Å². The van der Waals surface area contributed by atoms with E-state index in [1.54, 1.807) is 13.4 Å². The molecule has 2 aromatic rings. The van der Waals surface area contributed by atoms with E-state index in [1.165, 1.54) is 0 Å². The first-order valence-corrected chi connectivity index (χ1v) is 12.6. The van der Waals surface area contributed by atoms with Gasteiger partial charge < -0.3 is 24.6 Å². The minimum absolute atomic E-state index is 0.0155. The quantitative estimate of drug-likeness (QED) is 0.697. The molecule has 2 aromatic heterocycles. The molecule has 1 N–H and O–H groups in total. The third kappa shape index (κ3) is 4.91. The van der Waals surface area contributed by atoms with Crippen molar-refractivity contribution in [3.8, 4) is 5.88 Å². The Kier molecular flexibility index (Phi) is 6.53. The predicted molar refractivity (Wildman–Crippen MR) is 133 cm³/mol. The predicted octanol–water partition coefficient (Wildman–Crippen LogP) is 3.32. The number of pyridine rings is 1. The Bertz CT molecular complexity index is 1090. The van der Waals surface area contributed by atoms with Gasteiger partial charge in [0, 0.05) is 49.7 Å². The van der Waals surface area contributed by atoms with E-state index < -0.39 is 0 Å². The van der Waals surface area contributed by atoms with Crippen LogP contribution in [0.15, 0.2) is 18.6 Å². The van der Waals surface area contributed by atoms with E-state index in [4.69, 9.17) is 9.47 Å². The average Bonchev–Trinajstić information content (AvgIpc) is 3.31. The van der Waals surface area contributed by atoms with E-state index in [2.05, 4.69) is 45.1 Å². The first kappa shape index (κ1) is 23.8. The maximum absolute atomic E-state index is 13.5. The van der Waals surface area contributed by atoms with Crippen molar-refractivity contribution < 1.29 is 14.3 Å². The number of fused-ring (bicyclic) bond motifs is 1. The normalized spacial score (nSPS) is 23.7. The van der Waals surface area contributed by atoms with Gasteiger partial charge in [0.1, 0.15) is 18.3 Å². The van der Waals surface area contributed by atoms with Crippen molar-refractivity contribution in [1.82, 2.24) is 19.9 Å². The Labute approximate surface area is 207 Å². The van der Waals surface area contributed by atoms with Crippen LogP contribution in [0.3, 0.4) is 0 Å². The summed E-state index contributed by atoms with van der Waals surface area (Å²) >= 11 is 0. The smallest absolute Gasteiger partial charge is 0.227 e. The standard InChI is InChI=1S/C26H36N6O3/c1-17-12-19(14-27-24(17)34-4)31-10-7-21-20(15-31)23(29-16-28-21)30-22-6-5-9-32(22)25(33)18-8-11-35-26(2,3)13-18/h12,14,16,18,22H,5-11,13,15H2,1-4H3,(H,28,29,30). The zero-order valence-electron chi connectivity index (χ0n) is 21.2. The maximum atomic E-state index is 13.5. The van der Waals surface area contributed by atoms with Gasteiger partial charge in [0.05, 0.1) is 30.3 Å². The van der Waals surface area contributed by atoms with E-state index in [0.717, 1.165) is 73.5 Å². The van der Waals surface area contributed by atoms with Crippen LogP contribution in [0.1, 0.15) is 56.4 Å². The monoisotopic (exact) mass is 480 g/mol. The lowest BCUT2D eigenvalue weighted by Gasteiger charge is -2.38. The van der Waals surface area contributed by atoms with Crippen LogP contribution in [0.25, 0.3) is 0 Å². The molecule has 1 amide bonds. The Morgan fingerprint density at radius 3 is 2.86 bits per heavy atom. The van der Waals surface area contributed by atoms with Crippen molar-refractivity contribution in [2.45, 2.75) is 71.2 Å². The van der Waals surface area contributed by atoms with E-state index >= 15 is 0 Å². The lowest BCUT2D eigenvalue weighted by atomic mass is 9.87. The summed E-state index contributed by atoms with van der Waals surface area (Å²) in [6.45, 7) is 9.14. The number of amides is 1. The van der Waals surface area contributed by atoms with Crippen molar-refractivity contribution >= 4 is 17.4 Å². The first-order chi connectivity index (χ1) is 16.8. The molecule has 5 rings (SSSR count). The highest BCUT2D eigenvalue weighted by Crippen LogP contribution is 2.33. The molecule has 0 radical (unpaired) electrons. The van der Waals surface area contributed by atoms with Gasteiger partial charge in [-0.25, -0.2) is 15.0 Å². The van der Waals surface area contributed by atoms with Crippen molar-refractivity contribution in [1.29, 1.82) is 0 Å². The number of hydrogen-bond donors (Lipinski definition) is 1. The number of rotatable bonds is 5. The van der Waals surface area contributed by atoms with Crippen LogP contribution in [0.2, 0.25) is 0 Å². The number of likely N-dealkylation sites (tertiary alicyclic amines) is 1. The summed E-state index contributed by atoms with van der Waals surface area (Å²) < 4.78 is 11.2. The molecule has 0 saturated carbocycles. The number of ether oxygens (including phenoxy) is 2. The fourth-order valence-electron chi connectivity index (χ4n) is 5.64. The van der Waals surface area contributed by atoms with Crippen LogP contribution in [0.4, 0.5) is 11.5 Å². The highest BCUT2D eigenvalue weighted by Gasteiger charge is 2.39. The molecule has 0 aliphatic carbocycles. The Hall–Kier alpha value is -2.94. The number of anilines is 2. The molecule has 9 heteroatoms. The number of nitrogens with one attached hydrogen (secondary N) is 1. The number of carbonyl (C=O) groups excluding carboxylic acids is 1. The van der Waals surface area contributed by atoms with Gasteiger partial charge >= 0.3 is 0 Å². The van der Waals surface area contributed by atoms with Crippen molar-refractivity contribution in [3.63, 3.8) is 0 Å². The molecular formula is C26H36N6O3. The van der Waals surface area contributed by atoms with E-state index in [-0.39, 0.29) is 23.6 Å². The molecule has 3 aliphatic rings. The number of hydrogen-bond acceptors (Lipinski definition) is 8. The van der Waals surface area contributed by atoms with Crippen LogP contribution >= 0.6 is 0 Å². The van der Waals surface area contributed by atoms with Gasteiger partial charge in [0.25, 0.3) is 0 Å². The molecule has 2 fully saturated rings. The Balaban J connectivity index is 1.33. The number of aromatic nitrogens is 3. The molecule has 0 spiro atoms. The minimum Gasteiger partial charge on any atom is -0.481 e. The number of methoxy groups -OCH3 is 1. The Morgan fingerprint density at radius 1 is 1.23 bits per heavy atom. The highest BCUT2D eigenvalue weighted by atomic mass is 16.5. The zero-order chi connectivity index (χ0) is 24.6. The topological polar surface area (TPSA) is 92.7 Å². The second-order valence-electron chi connectivity index (χ2n) is 10.5. The fraction of sp³-hybridized carbons (Fsp3) is 0.615. The second kappa shape index (κ2) is 9.60. The number of nitrogens with zero attached hydrogens (tertiary/aromatic N) is 5. The van der Waals surface area contributed by atoms with Crippen LogP contribution in [0, 0.1) is 12.8 Å². The van der Waals surface area contributed by atoms with E-state index in [0.29, 0.717) is 19.0 Å². The molecule has 9 nitrogen and oxygen atoms in total. The summed E-state index contributed by atoms with van der Waals surface area (Å²) in [5.74, 6) is 1.73. The summed E-state index contributed by atoms with van der Waals surface area (Å²) in [6.07, 6.45) is 7.75. The summed E-state index contributed by atoms with van der Waals surface area (Å²) in [5, 5.41) is 3.62. The van der Waals surface area contributed by atoms with Crippen LogP contribution in [0.5, 0.6) is 5.88 Å². The third-order valence-corrected chi connectivity index (χ3v) is 7.46. The van der Waals surface area contributed by atoms with Gasteiger partial charge in [0.15, 0.2) is 0 Å². The largest absolute Gasteiger partial charge is 0.481 e. The van der Waals surface area contributed by atoms with Gasteiger partial charge in [0.2, 0.25) is 11.8 Å². The van der Waals surface area contributed by atoms with Crippen molar-refractivity contribution in [2.75, 3.05) is 37.0 Å². The average molecular weight is 481 g/mol.